The lowest BCUT2D eigenvalue weighted by Crippen LogP contribution is -2.31. The van der Waals surface area contributed by atoms with E-state index in [1.807, 2.05) is 30.3 Å². The molecule has 1 aliphatic heterocycles. The van der Waals surface area contributed by atoms with Gasteiger partial charge >= 0.3 is 0 Å². The summed E-state index contributed by atoms with van der Waals surface area (Å²) in [5.74, 6) is -0.570. The second-order valence-corrected chi connectivity index (χ2v) is 8.02. The van der Waals surface area contributed by atoms with Gasteiger partial charge in [0.2, 0.25) is 0 Å². The van der Waals surface area contributed by atoms with E-state index in [1.54, 1.807) is 12.1 Å². The molecule has 2 aliphatic rings. The minimum absolute atomic E-state index is 0.521. The van der Waals surface area contributed by atoms with Gasteiger partial charge in [0.15, 0.2) is 0 Å². The monoisotopic (exact) mass is 404 g/mol. The first-order chi connectivity index (χ1) is 15.3. The molecule has 0 N–H and O–H groups in total. The Bertz CT molecular complexity index is 1160. The Morgan fingerprint density at radius 2 is 1.65 bits per heavy atom. The van der Waals surface area contributed by atoms with Crippen molar-refractivity contribution in [1.82, 2.24) is 4.90 Å². The van der Waals surface area contributed by atoms with Gasteiger partial charge < -0.3 is 4.90 Å². The fourth-order valence-corrected chi connectivity index (χ4v) is 4.86. The highest BCUT2D eigenvalue weighted by Crippen LogP contribution is 2.44. The minimum Gasteiger partial charge on any atom is -0.371 e. The molecular weight excluding hydrogens is 380 g/mol. The lowest BCUT2D eigenvalue weighted by molar-refractivity contribution is 0.288. The van der Waals surface area contributed by atoms with Gasteiger partial charge in [-0.3, -0.25) is 0 Å². The summed E-state index contributed by atoms with van der Waals surface area (Å²) in [4.78, 5) is 2.31. The number of rotatable bonds is 4. The topological polar surface area (TPSA) is 74.6 Å². The highest BCUT2D eigenvalue weighted by Gasteiger charge is 2.31. The zero-order valence-corrected chi connectivity index (χ0v) is 17.5. The first kappa shape index (κ1) is 20.5. The molecule has 2 aromatic rings. The van der Waals surface area contributed by atoms with Crippen LogP contribution in [0.4, 0.5) is 0 Å². The zero-order chi connectivity index (χ0) is 21.6. The summed E-state index contributed by atoms with van der Waals surface area (Å²) in [7, 11) is 0. The number of allylic oxidation sites excluding steroid dienone is 3. The second kappa shape index (κ2) is 9.34. The Labute approximate surface area is 184 Å². The Morgan fingerprint density at radius 1 is 0.903 bits per heavy atom. The van der Waals surface area contributed by atoms with Crippen LogP contribution in [0.2, 0.25) is 0 Å². The van der Waals surface area contributed by atoms with Gasteiger partial charge in [0.25, 0.3) is 0 Å². The van der Waals surface area contributed by atoms with Gasteiger partial charge in [0.1, 0.15) is 0 Å². The fourth-order valence-electron chi connectivity index (χ4n) is 4.86. The third kappa shape index (κ3) is 3.96. The van der Waals surface area contributed by atoms with Crippen molar-refractivity contribution < 1.29 is 0 Å². The lowest BCUT2D eigenvalue weighted by atomic mass is 9.75. The smallest absolute Gasteiger partial charge is 0.0995 e. The van der Waals surface area contributed by atoms with Gasteiger partial charge in [-0.25, -0.2) is 0 Å². The SMILES string of the molecule is N#C/C=C(\C1=C([C@@H](C#N)c2ccccc2C#N)c2ccccc2CC1)N1CCCCC1. The van der Waals surface area contributed by atoms with E-state index in [9.17, 15) is 15.8 Å². The van der Waals surface area contributed by atoms with E-state index in [1.165, 1.54) is 12.0 Å². The summed E-state index contributed by atoms with van der Waals surface area (Å²) in [6.07, 6.45) is 6.75. The van der Waals surface area contributed by atoms with Crippen molar-refractivity contribution in [1.29, 1.82) is 15.8 Å². The van der Waals surface area contributed by atoms with E-state index < -0.39 is 5.92 Å². The van der Waals surface area contributed by atoms with Gasteiger partial charge in [-0.1, -0.05) is 42.5 Å². The first-order valence-corrected chi connectivity index (χ1v) is 10.8. The minimum atomic E-state index is -0.570. The van der Waals surface area contributed by atoms with Crippen molar-refractivity contribution in [2.24, 2.45) is 0 Å². The maximum atomic E-state index is 10.3. The summed E-state index contributed by atoms with van der Waals surface area (Å²) < 4.78 is 0. The number of aryl methyl sites for hydroxylation is 1. The number of benzene rings is 2. The van der Waals surface area contributed by atoms with Crippen LogP contribution >= 0.6 is 0 Å². The molecule has 0 radical (unpaired) electrons. The summed E-state index contributed by atoms with van der Waals surface area (Å²) >= 11 is 0. The molecule has 0 saturated carbocycles. The Balaban J connectivity index is 1.96. The molecule has 4 heteroatoms. The molecule has 4 rings (SSSR count). The van der Waals surface area contributed by atoms with Crippen molar-refractivity contribution in [2.45, 2.75) is 38.0 Å². The molecule has 152 valence electrons. The van der Waals surface area contributed by atoms with Crippen molar-refractivity contribution in [2.75, 3.05) is 13.1 Å². The van der Waals surface area contributed by atoms with E-state index in [-0.39, 0.29) is 0 Å². The van der Waals surface area contributed by atoms with E-state index in [4.69, 9.17) is 0 Å². The van der Waals surface area contributed by atoms with E-state index in [2.05, 4.69) is 35.2 Å². The fraction of sp³-hybridized carbons (Fsp3) is 0.296. The van der Waals surface area contributed by atoms with Crippen molar-refractivity contribution in [3.8, 4) is 18.2 Å². The van der Waals surface area contributed by atoms with Gasteiger partial charge in [-0.05, 0) is 66.0 Å². The number of fused-ring (bicyclic) bond motifs is 1. The van der Waals surface area contributed by atoms with Crippen molar-refractivity contribution in [3.63, 3.8) is 0 Å². The molecule has 1 fully saturated rings. The molecule has 0 amide bonds. The van der Waals surface area contributed by atoms with Crippen LogP contribution < -0.4 is 0 Å². The number of piperidine rings is 1. The predicted molar refractivity (Wildman–Crippen MR) is 120 cm³/mol. The maximum absolute atomic E-state index is 10.3. The molecule has 1 heterocycles. The van der Waals surface area contributed by atoms with Crippen LogP contribution in [0.3, 0.4) is 0 Å². The van der Waals surface area contributed by atoms with Crippen LogP contribution in [0.1, 0.15) is 53.9 Å². The zero-order valence-electron chi connectivity index (χ0n) is 17.5. The normalized spacial score (nSPS) is 17.2. The van der Waals surface area contributed by atoms with E-state index >= 15 is 0 Å². The van der Waals surface area contributed by atoms with Crippen LogP contribution in [-0.4, -0.2) is 18.0 Å². The molecule has 4 nitrogen and oxygen atoms in total. The third-order valence-corrected chi connectivity index (χ3v) is 6.29. The standard InChI is InChI=1S/C27H24N4/c28-15-14-26(31-16-6-1-7-17-31)24-13-12-20-8-2-5-11-23(20)27(24)25(19-30)22-10-4-3-9-21(22)18-29/h2-5,8-11,14,25H,1,6-7,12-13,16-17H2/b26-14+/t25-/m0/s1. The number of likely N-dealkylation sites (tertiary alicyclic amines) is 1. The molecule has 1 saturated heterocycles. The van der Waals surface area contributed by atoms with Gasteiger partial charge in [0, 0.05) is 19.2 Å². The van der Waals surface area contributed by atoms with Gasteiger partial charge in [-0.2, -0.15) is 15.8 Å². The molecule has 1 aliphatic carbocycles. The molecule has 2 aromatic carbocycles. The van der Waals surface area contributed by atoms with Crippen molar-refractivity contribution in [3.05, 3.63) is 88.1 Å². The second-order valence-electron chi connectivity index (χ2n) is 8.02. The van der Waals surface area contributed by atoms with Crippen LogP contribution in [0.25, 0.3) is 5.57 Å². The lowest BCUT2D eigenvalue weighted by Gasteiger charge is -2.35. The van der Waals surface area contributed by atoms with Crippen LogP contribution in [0, 0.1) is 34.0 Å². The molecule has 0 bridgehead atoms. The average molecular weight is 405 g/mol. The molecule has 0 spiro atoms. The Morgan fingerprint density at radius 3 is 2.39 bits per heavy atom. The Kier molecular flexibility index (Phi) is 6.16. The molecule has 0 aromatic heterocycles. The quantitative estimate of drug-likeness (QED) is 0.634. The van der Waals surface area contributed by atoms with Gasteiger partial charge in [-0.15, -0.1) is 0 Å². The molecule has 0 unspecified atom stereocenters. The molecule has 31 heavy (non-hydrogen) atoms. The number of hydrogen-bond donors (Lipinski definition) is 0. The van der Waals surface area contributed by atoms with Crippen LogP contribution in [0.5, 0.6) is 0 Å². The number of nitrogens with zero attached hydrogens (tertiary/aromatic N) is 4. The number of nitriles is 3. The summed E-state index contributed by atoms with van der Waals surface area (Å²) in [6, 6.07) is 22.6. The van der Waals surface area contributed by atoms with Crippen molar-refractivity contribution >= 4 is 5.57 Å². The number of hydrogen-bond acceptors (Lipinski definition) is 4. The first-order valence-electron chi connectivity index (χ1n) is 10.8. The molecule has 1 atom stereocenters. The average Bonchev–Trinajstić information content (AvgIpc) is 2.84. The highest BCUT2D eigenvalue weighted by molar-refractivity contribution is 5.83. The maximum Gasteiger partial charge on any atom is 0.0995 e. The summed E-state index contributed by atoms with van der Waals surface area (Å²) in [5, 5.41) is 29.6. The predicted octanol–water partition coefficient (Wildman–Crippen LogP) is 5.46. The van der Waals surface area contributed by atoms with Gasteiger partial charge in [0.05, 0.1) is 35.4 Å². The van der Waals surface area contributed by atoms with Crippen LogP contribution in [0.15, 0.2) is 65.9 Å². The molecular formula is C27H24N4. The summed E-state index contributed by atoms with van der Waals surface area (Å²) in [6.45, 7) is 1.86. The Hall–Kier alpha value is -3.81. The van der Waals surface area contributed by atoms with E-state index in [0.717, 1.165) is 66.7 Å². The largest absolute Gasteiger partial charge is 0.371 e. The van der Waals surface area contributed by atoms with Crippen LogP contribution in [-0.2, 0) is 6.42 Å². The van der Waals surface area contributed by atoms with E-state index in [0.29, 0.717) is 5.56 Å². The summed E-state index contributed by atoms with van der Waals surface area (Å²) in [5.41, 5.74) is 6.48. The highest BCUT2D eigenvalue weighted by atomic mass is 15.1. The third-order valence-electron chi connectivity index (χ3n) is 6.29.